The SMILES string of the molecule is CCNS(=O)(=O)N1CCc2ccc([N+](=O)[O-])cc21. The van der Waals surface area contributed by atoms with Crippen molar-refractivity contribution in [1.82, 2.24) is 4.72 Å². The first kappa shape index (κ1) is 12.8. The van der Waals surface area contributed by atoms with E-state index in [0.717, 1.165) is 5.56 Å². The van der Waals surface area contributed by atoms with Crippen molar-refractivity contribution < 1.29 is 13.3 Å². The molecular weight excluding hydrogens is 258 g/mol. The van der Waals surface area contributed by atoms with Crippen LogP contribution in [0.5, 0.6) is 0 Å². The van der Waals surface area contributed by atoms with Crippen LogP contribution in [0.25, 0.3) is 0 Å². The average molecular weight is 271 g/mol. The average Bonchev–Trinajstić information content (AvgIpc) is 2.71. The number of anilines is 1. The Balaban J connectivity index is 2.43. The number of nitrogens with one attached hydrogen (secondary N) is 1. The number of nitro benzene ring substituents is 1. The van der Waals surface area contributed by atoms with Crippen molar-refractivity contribution in [3.63, 3.8) is 0 Å². The maximum Gasteiger partial charge on any atom is 0.301 e. The van der Waals surface area contributed by atoms with E-state index in [9.17, 15) is 18.5 Å². The van der Waals surface area contributed by atoms with Crippen LogP contribution in [0.2, 0.25) is 0 Å². The molecule has 1 heterocycles. The lowest BCUT2D eigenvalue weighted by molar-refractivity contribution is -0.384. The standard InChI is InChI=1S/C10H13N3O4S/c1-2-11-18(16,17)12-6-5-8-3-4-9(13(14)15)7-10(8)12/h3-4,7,11H,2,5-6H2,1H3. The van der Waals surface area contributed by atoms with Gasteiger partial charge < -0.3 is 0 Å². The third-order valence-electron chi connectivity index (χ3n) is 2.75. The van der Waals surface area contributed by atoms with Gasteiger partial charge in [0, 0.05) is 25.2 Å². The van der Waals surface area contributed by atoms with E-state index in [2.05, 4.69) is 4.72 Å². The van der Waals surface area contributed by atoms with E-state index in [-0.39, 0.29) is 12.2 Å². The Bertz CT molecular complexity index is 585. The lowest BCUT2D eigenvalue weighted by atomic mass is 10.1. The van der Waals surface area contributed by atoms with Gasteiger partial charge in [-0.15, -0.1) is 0 Å². The first-order valence-corrected chi connectivity index (χ1v) is 6.94. The normalized spacial score (nSPS) is 14.6. The summed E-state index contributed by atoms with van der Waals surface area (Å²) in [6.07, 6.45) is 0.567. The lowest BCUT2D eigenvalue weighted by Gasteiger charge is -2.19. The van der Waals surface area contributed by atoms with Crippen molar-refractivity contribution in [2.24, 2.45) is 0 Å². The molecule has 0 amide bonds. The smallest absolute Gasteiger partial charge is 0.258 e. The van der Waals surface area contributed by atoms with Gasteiger partial charge in [-0.1, -0.05) is 13.0 Å². The molecule has 1 N–H and O–H groups in total. The van der Waals surface area contributed by atoms with Gasteiger partial charge in [-0.25, -0.2) is 0 Å². The molecule has 0 atom stereocenters. The van der Waals surface area contributed by atoms with Crippen molar-refractivity contribution >= 4 is 21.6 Å². The molecule has 0 saturated heterocycles. The van der Waals surface area contributed by atoms with E-state index in [1.165, 1.54) is 16.4 Å². The van der Waals surface area contributed by atoms with E-state index in [1.807, 2.05) is 0 Å². The summed E-state index contributed by atoms with van der Waals surface area (Å²) < 4.78 is 27.4. The molecule has 0 unspecified atom stereocenters. The molecule has 18 heavy (non-hydrogen) atoms. The summed E-state index contributed by atoms with van der Waals surface area (Å²) in [5.41, 5.74) is 1.10. The summed E-state index contributed by atoms with van der Waals surface area (Å²) in [7, 11) is -3.61. The summed E-state index contributed by atoms with van der Waals surface area (Å²) in [6.45, 7) is 2.27. The Labute approximate surface area is 105 Å². The zero-order valence-corrected chi connectivity index (χ0v) is 10.6. The van der Waals surface area contributed by atoms with Gasteiger partial charge in [0.05, 0.1) is 10.6 Å². The van der Waals surface area contributed by atoms with Crippen molar-refractivity contribution in [1.29, 1.82) is 0 Å². The number of benzene rings is 1. The Kier molecular flexibility index (Phi) is 3.22. The fraction of sp³-hybridized carbons (Fsp3) is 0.400. The van der Waals surface area contributed by atoms with Gasteiger partial charge in [-0.05, 0) is 12.0 Å². The van der Waals surface area contributed by atoms with Crippen LogP contribution in [0.3, 0.4) is 0 Å². The van der Waals surface area contributed by atoms with E-state index in [1.54, 1.807) is 13.0 Å². The molecule has 1 aliphatic heterocycles. The van der Waals surface area contributed by atoms with Gasteiger partial charge in [0.15, 0.2) is 0 Å². The van der Waals surface area contributed by atoms with Crippen molar-refractivity contribution in [2.75, 3.05) is 17.4 Å². The monoisotopic (exact) mass is 271 g/mol. The Morgan fingerprint density at radius 3 is 2.83 bits per heavy atom. The molecule has 1 aromatic rings. The first-order valence-electron chi connectivity index (χ1n) is 5.50. The van der Waals surface area contributed by atoms with Crippen LogP contribution in [0, 0.1) is 10.1 Å². The summed E-state index contributed by atoms with van der Waals surface area (Å²) >= 11 is 0. The molecule has 0 bridgehead atoms. The highest BCUT2D eigenvalue weighted by molar-refractivity contribution is 7.90. The Hall–Kier alpha value is -1.67. The van der Waals surface area contributed by atoms with Crippen molar-refractivity contribution in [3.05, 3.63) is 33.9 Å². The van der Waals surface area contributed by atoms with Crippen LogP contribution in [-0.2, 0) is 16.6 Å². The minimum absolute atomic E-state index is 0.104. The van der Waals surface area contributed by atoms with Gasteiger partial charge in [-0.3, -0.25) is 14.4 Å². The van der Waals surface area contributed by atoms with Gasteiger partial charge in [0.1, 0.15) is 0 Å². The van der Waals surface area contributed by atoms with Gasteiger partial charge in [0.2, 0.25) is 0 Å². The Morgan fingerprint density at radius 1 is 1.50 bits per heavy atom. The van der Waals surface area contributed by atoms with Crippen LogP contribution in [0.4, 0.5) is 11.4 Å². The summed E-state index contributed by atoms with van der Waals surface area (Å²) in [5.74, 6) is 0. The zero-order chi connectivity index (χ0) is 13.3. The van der Waals surface area contributed by atoms with Crippen molar-refractivity contribution in [3.8, 4) is 0 Å². The van der Waals surface area contributed by atoms with Crippen LogP contribution in [-0.4, -0.2) is 26.4 Å². The third-order valence-corrected chi connectivity index (χ3v) is 4.36. The highest BCUT2D eigenvalue weighted by atomic mass is 32.2. The third kappa shape index (κ3) is 2.16. The molecule has 98 valence electrons. The molecule has 2 rings (SSSR count). The molecule has 0 fully saturated rings. The highest BCUT2D eigenvalue weighted by Gasteiger charge is 2.30. The second kappa shape index (κ2) is 4.54. The summed E-state index contributed by atoms with van der Waals surface area (Å²) in [5, 5.41) is 10.7. The lowest BCUT2D eigenvalue weighted by Crippen LogP contribution is -2.39. The molecule has 0 spiro atoms. The molecule has 1 aliphatic rings. The fourth-order valence-corrected chi connectivity index (χ4v) is 3.24. The molecule has 0 saturated carbocycles. The molecule has 1 aromatic carbocycles. The predicted molar refractivity (Wildman–Crippen MR) is 66.7 cm³/mol. The molecule has 0 radical (unpaired) electrons. The molecule has 7 nitrogen and oxygen atoms in total. The summed E-state index contributed by atoms with van der Waals surface area (Å²) in [4.78, 5) is 10.2. The van der Waals surface area contributed by atoms with Gasteiger partial charge in [-0.2, -0.15) is 13.1 Å². The van der Waals surface area contributed by atoms with Crippen LogP contribution in [0.1, 0.15) is 12.5 Å². The number of rotatable bonds is 4. The minimum atomic E-state index is -3.61. The van der Waals surface area contributed by atoms with E-state index in [0.29, 0.717) is 18.7 Å². The molecule has 8 heteroatoms. The van der Waals surface area contributed by atoms with Crippen molar-refractivity contribution in [2.45, 2.75) is 13.3 Å². The van der Waals surface area contributed by atoms with E-state index >= 15 is 0 Å². The minimum Gasteiger partial charge on any atom is -0.258 e. The van der Waals surface area contributed by atoms with E-state index in [4.69, 9.17) is 0 Å². The second-order valence-corrected chi connectivity index (χ2v) is 5.57. The maximum absolute atomic E-state index is 11.9. The number of nitro groups is 1. The maximum atomic E-state index is 11.9. The van der Waals surface area contributed by atoms with Gasteiger partial charge >= 0.3 is 10.2 Å². The predicted octanol–water partition coefficient (Wildman–Crippen LogP) is 0.812. The molecule has 0 aromatic heterocycles. The van der Waals surface area contributed by atoms with Gasteiger partial charge in [0.25, 0.3) is 5.69 Å². The number of fused-ring (bicyclic) bond motifs is 1. The first-order chi connectivity index (χ1) is 8.45. The van der Waals surface area contributed by atoms with E-state index < -0.39 is 15.1 Å². The second-order valence-electron chi connectivity index (χ2n) is 3.90. The Morgan fingerprint density at radius 2 is 2.22 bits per heavy atom. The zero-order valence-electron chi connectivity index (χ0n) is 9.79. The van der Waals surface area contributed by atoms with Crippen LogP contribution in [0.15, 0.2) is 18.2 Å². The highest BCUT2D eigenvalue weighted by Crippen LogP contribution is 2.32. The largest absolute Gasteiger partial charge is 0.301 e. The molecule has 0 aliphatic carbocycles. The number of hydrogen-bond acceptors (Lipinski definition) is 4. The van der Waals surface area contributed by atoms with Crippen LogP contribution >= 0.6 is 0 Å². The topological polar surface area (TPSA) is 92.6 Å². The fourth-order valence-electron chi connectivity index (χ4n) is 1.96. The van der Waals surface area contributed by atoms with Crippen LogP contribution < -0.4 is 9.03 Å². The summed E-state index contributed by atoms with van der Waals surface area (Å²) in [6, 6.07) is 4.30. The number of hydrogen-bond donors (Lipinski definition) is 1. The quantitative estimate of drug-likeness (QED) is 0.648. The number of nitrogens with zero attached hydrogens (tertiary/aromatic N) is 2. The number of non-ortho nitro benzene ring substituents is 1. The molecular formula is C10H13N3O4S.